The molecule has 0 radical (unpaired) electrons. The summed E-state index contributed by atoms with van der Waals surface area (Å²) in [6.45, 7) is 6.16. The van der Waals surface area contributed by atoms with Crippen LogP contribution in [0.25, 0.3) is 10.9 Å². The smallest absolute Gasteiger partial charge is 0.224 e. The van der Waals surface area contributed by atoms with Gasteiger partial charge in [0.05, 0.1) is 19.7 Å². The number of methoxy groups -OCH3 is 2. The van der Waals surface area contributed by atoms with Crippen molar-refractivity contribution in [3.63, 3.8) is 0 Å². The molecule has 2 heterocycles. The van der Waals surface area contributed by atoms with E-state index >= 15 is 0 Å². The van der Waals surface area contributed by atoms with E-state index in [1.807, 2.05) is 30.5 Å². The predicted octanol–water partition coefficient (Wildman–Crippen LogP) is 5.62. The van der Waals surface area contributed by atoms with Gasteiger partial charge < -0.3 is 19.7 Å². The minimum Gasteiger partial charge on any atom is -0.493 e. The Hall–Kier alpha value is -3.28. The van der Waals surface area contributed by atoms with Gasteiger partial charge >= 0.3 is 0 Å². The van der Waals surface area contributed by atoms with Crippen LogP contribution in [0, 0.1) is 5.92 Å². The zero-order valence-corrected chi connectivity index (χ0v) is 19.9. The number of amides is 1. The highest BCUT2D eigenvalue weighted by Gasteiger charge is 2.23. The number of hydrogen-bond acceptors (Lipinski definition) is 5. The Morgan fingerprint density at radius 3 is 2.36 bits per heavy atom. The van der Waals surface area contributed by atoms with Gasteiger partial charge in [-0.15, -0.1) is 0 Å². The first-order chi connectivity index (χ1) is 16.0. The fraction of sp³-hybridized carbons (Fsp3) is 0.407. The fourth-order valence-electron chi connectivity index (χ4n) is 4.54. The lowest BCUT2D eigenvalue weighted by atomic mass is 9.92. The van der Waals surface area contributed by atoms with E-state index in [9.17, 15) is 4.79 Å². The average Bonchev–Trinajstić information content (AvgIpc) is 2.83. The van der Waals surface area contributed by atoms with Gasteiger partial charge in [-0.3, -0.25) is 9.78 Å². The second-order valence-electron chi connectivity index (χ2n) is 9.01. The number of anilines is 2. The maximum Gasteiger partial charge on any atom is 0.224 e. The molecule has 1 amide bonds. The molecule has 3 aromatic rings. The van der Waals surface area contributed by atoms with Crippen molar-refractivity contribution < 1.29 is 14.3 Å². The van der Waals surface area contributed by atoms with Gasteiger partial charge in [0.25, 0.3) is 0 Å². The lowest BCUT2D eigenvalue weighted by Crippen LogP contribution is -2.35. The number of carbonyl (C=O) groups is 1. The summed E-state index contributed by atoms with van der Waals surface area (Å²) in [5, 5.41) is 4.11. The molecule has 0 bridgehead atoms. The molecule has 1 fully saturated rings. The Morgan fingerprint density at radius 1 is 1.06 bits per heavy atom. The number of carbonyl (C=O) groups excluding carboxylic acids is 1. The van der Waals surface area contributed by atoms with Gasteiger partial charge in [0.15, 0.2) is 11.5 Å². The number of ether oxygens (including phenoxy) is 2. The molecule has 6 heteroatoms. The van der Waals surface area contributed by atoms with Crippen molar-refractivity contribution in [2.45, 2.75) is 39.0 Å². The van der Waals surface area contributed by atoms with Crippen LogP contribution in [0.3, 0.4) is 0 Å². The molecule has 0 saturated carbocycles. The number of rotatable bonds is 7. The number of pyridine rings is 1. The molecule has 2 aromatic carbocycles. The minimum absolute atomic E-state index is 0.0944. The van der Waals surface area contributed by atoms with Crippen molar-refractivity contribution in [1.82, 2.24) is 4.98 Å². The molecule has 0 atom stereocenters. The Labute approximate surface area is 195 Å². The summed E-state index contributed by atoms with van der Waals surface area (Å²) < 4.78 is 10.9. The summed E-state index contributed by atoms with van der Waals surface area (Å²) in [5.74, 6) is 2.35. The first-order valence-electron chi connectivity index (χ1n) is 11.6. The number of piperidine rings is 1. The SMILES string of the molecule is COc1cc2nccc(N3CCC(CC(=O)Nc4ccc(C(C)C)cc4)CC3)c2cc1OC. The maximum atomic E-state index is 12.6. The van der Waals surface area contributed by atoms with Gasteiger partial charge in [-0.05, 0) is 54.5 Å². The monoisotopic (exact) mass is 447 g/mol. The quantitative estimate of drug-likeness (QED) is 0.509. The minimum atomic E-state index is 0.0944. The highest BCUT2D eigenvalue weighted by atomic mass is 16.5. The van der Waals surface area contributed by atoms with Crippen LogP contribution in [0.5, 0.6) is 11.5 Å². The molecule has 1 N–H and O–H groups in total. The summed E-state index contributed by atoms with van der Waals surface area (Å²) >= 11 is 0. The van der Waals surface area contributed by atoms with Gasteiger partial charge in [0, 0.05) is 48.5 Å². The molecule has 0 spiro atoms. The van der Waals surface area contributed by atoms with E-state index < -0.39 is 0 Å². The van der Waals surface area contributed by atoms with Gasteiger partial charge in [-0.25, -0.2) is 0 Å². The van der Waals surface area contributed by atoms with Crippen molar-refractivity contribution in [2.24, 2.45) is 5.92 Å². The average molecular weight is 448 g/mol. The van der Waals surface area contributed by atoms with Crippen LogP contribution >= 0.6 is 0 Å². The van der Waals surface area contributed by atoms with Crippen molar-refractivity contribution >= 4 is 28.2 Å². The molecule has 1 aliphatic rings. The van der Waals surface area contributed by atoms with Crippen molar-refractivity contribution in [1.29, 1.82) is 0 Å². The van der Waals surface area contributed by atoms with Crippen LogP contribution in [0.1, 0.15) is 44.6 Å². The Bertz CT molecular complexity index is 1100. The normalized spacial score (nSPS) is 14.5. The van der Waals surface area contributed by atoms with E-state index in [-0.39, 0.29) is 5.91 Å². The molecule has 174 valence electrons. The van der Waals surface area contributed by atoms with Crippen LogP contribution in [-0.4, -0.2) is 38.2 Å². The molecule has 1 saturated heterocycles. The van der Waals surface area contributed by atoms with Crippen LogP contribution < -0.4 is 19.7 Å². The van der Waals surface area contributed by atoms with E-state index in [0.717, 1.165) is 48.2 Å². The zero-order valence-electron chi connectivity index (χ0n) is 19.9. The number of aromatic nitrogens is 1. The molecule has 0 unspecified atom stereocenters. The third-order valence-electron chi connectivity index (χ3n) is 6.51. The van der Waals surface area contributed by atoms with E-state index in [1.165, 1.54) is 5.56 Å². The molecule has 4 rings (SSSR count). The van der Waals surface area contributed by atoms with E-state index in [0.29, 0.717) is 29.8 Å². The van der Waals surface area contributed by atoms with Crippen LogP contribution in [-0.2, 0) is 4.79 Å². The third-order valence-corrected chi connectivity index (χ3v) is 6.51. The molecule has 1 aliphatic heterocycles. The lowest BCUT2D eigenvalue weighted by Gasteiger charge is -2.34. The molecular weight excluding hydrogens is 414 g/mol. The summed E-state index contributed by atoms with van der Waals surface area (Å²) in [4.78, 5) is 19.5. The molecular formula is C27H33N3O3. The molecule has 6 nitrogen and oxygen atoms in total. The first kappa shape index (κ1) is 22.9. The van der Waals surface area contributed by atoms with Crippen LogP contribution in [0.4, 0.5) is 11.4 Å². The van der Waals surface area contributed by atoms with Gasteiger partial charge in [0.1, 0.15) is 0 Å². The highest BCUT2D eigenvalue weighted by Crippen LogP contribution is 2.37. The van der Waals surface area contributed by atoms with E-state index in [4.69, 9.17) is 9.47 Å². The van der Waals surface area contributed by atoms with Gasteiger partial charge in [-0.2, -0.15) is 0 Å². The summed E-state index contributed by atoms with van der Waals surface area (Å²) in [6, 6.07) is 14.1. The van der Waals surface area contributed by atoms with Gasteiger partial charge in [-0.1, -0.05) is 26.0 Å². The van der Waals surface area contributed by atoms with E-state index in [1.54, 1.807) is 14.2 Å². The van der Waals surface area contributed by atoms with Gasteiger partial charge in [0.2, 0.25) is 5.91 Å². The summed E-state index contributed by atoms with van der Waals surface area (Å²) in [5.41, 5.74) is 4.18. The number of benzene rings is 2. The fourth-order valence-corrected chi connectivity index (χ4v) is 4.54. The Morgan fingerprint density at radius 2 is 1.73 bits per heavy atom. The molecule has 0 aliphatic carbocycles. The van der Waals surface area contributed by atoms with Crippen LogP contribution in [0.15, 0.2) is 48.7 Å². The maximum absolute atomic E-state index is 12.6. The number of fused-ring (bicyclic) bond motifs is 1. The highest BCUT2D eigenvalue weighted by molar-refractivity contribution is 5.94. The zero-order chi connectivity index (χ0) is 23.4. The summed E-state index contributed by atoms with van der Waals surface area (Å²) in [7, 11) is 3.28. The first-order valence-corrected chi connectivity index (χ1v) is 11.6. The number of hydrogen-bond donors (Lipinski definition) is 1. The molecule has 33 heavy (non-hydrogen) atoms. The predicted molar refractivity (Wildman–Crippen MR) is 134 cm³/mol. The lowest BCUT2D eigenvalue weighted by molar-refractivity contribution is -0.117. The largest absolute Gasteiger partial charge is 0.493 e. The summed E-state index contributed by atoms with van der Waals surface area (Å²) in [6.07, 6.45) is 4.36. The van der Waals surface area contributed by atoms with E-state index in [2.05, 4.69) is 47.2 Å². The Kier molecular flexibility index (Phi) is 7.02. The van der Waals surface area contributed by atoms with Crippen molar-refractivity contribution in [3.8, 4) is 11.5 Å². The standard InChI is InChI=1S/C27H33N3O3/c1-18(2)20-5-7-21(8-6-20)29-27(31)15-19-10-13-30(14-11-19)24-9-12-28-23-17-26(33-4)25(32-3)16-22(23)24/h5-9,12,16-19H,10-11,13-15H2,1-4H3,(H,29,31). The van der Waals surface area contributed by atoms with Crippen LogP contribution in [0.2, 0.25) is 0 Å². The number of nitrogens with one attached hydrogen (secondary N) is 1. The Balaban J connectivity index is 1.37. The van der Waals surface area contributed by atoms with Crippen molar-refractivity contribution in [2.75, 3.05) is 37.5 Å². The second kappa shape index (κ2) is 10.1. The second-order valence-corrected chi connectivity index (χ2v) is 9.01. The topological polar surface area (TPSA) is 63.7 Å². The number of nitrogens with zero attached hydrogens (tertiary/aromatic N) is 2. The third kappa shape index (κ3) is 5.21. The molecule has 1 aromatic heterocycles. The van der Waals surface area contributed by atoms with Crippen molar-refractivity contribution in [3.05, 3.63) is 54.2 Å².